The zero-order valence-electron chi connectivity index (χ0n) is 13.4. The van der Waals surface area contributed by atoms with Gasteiger partial charge in [0.15, 0.2) is 0 Å². The predicted molar refractivity (Wildman–Crippen MR) is 98.9 cm³/mol. The summed E-state index contributed by atoms with van der Waals surface area (Å²) in [6, 6.07) is 13.2. The summed E-state index contributed by atoms with van der Waals surface area (Å²) in [5, 5.41) is 16.5. The van der Waals surface area contributed by atoms with Crippen molar-refractivity contribution >= 4 is 23.2 Å². The smallest absolute Gasteiger partial charge is 0.124 e. The highest BCUT2D eigenvalue weighted by Crippen LogP contribution is 2.25. The Balaban J connectivity index is 1.91. The molecule has 0 aliphatic carbocycles. The van der Waals surface area contributed by atoms with Gasteiger partial charge in [-0.1, -0.05) is 41.4 Å². The molecule has 0 aliphatic rings. The average Bonchev–Trinajstić information content (AvgIpc) is 2.58. The van der Waals surface area contributed by atoms with E-state index in [-0.39, 0.29) is 6.61 Å². The summed E-state index contributed by atoms with van der Waals surface area (Å²) in [4.78, 5) is 0. The summed E-state index contributed by atoms with van der Waals surface area (Å²) in [5.74, 6) is 0.787. The third-order valence-electron chi connectivity index (χ3n) is 3.45. The molecule has 0 amide bonds. The maximum atomic E-state index is 8.72. The van der Waals surface area contributed by atoms with Gasteiger partial charge < -0.3 is 20.5 Å². The first-order valence-corrected chi connectivity index (χ1v) is 8.63. The molecule has 3 N–H and O–H groups in total. The fourth-order valence-electron chi connectivity index (χ4n) is 2.20. The van der Waals surface area contributed by atoms with Gasteiger partial charge in [-0.05, 0) is 24.3 Å². The summed E-state index contributed by atoms with van der Waals surface area (Å²) in [7, 11) is 0. The zero-order valence-corrected chi connectivity index (χ0v) is 14.9. The molecule has 0 aliphatic heterocycles. The fraction of sp³-hybridized carbons (Fsp3) is 0.333. The SMILES string of the molecule is OCCNCCNCc1cc(Cl)ccc1OCc1ccccc1Cl. The van der Waals surface area contributed by atoms with Crippen LogP contribution in [0.5, 0.6) is 5.75 Å². The van der Waals surface area contributed by atoms with Crippen LogP contribution < -0.4 is 15.4 Å². The minimum absolute atomic E-state index is 0.147. The minimum atomic E-state index is 0.147. The highest BCUT2D eigenvalue weighted by Gasteiger charge is 2.07. The molecule has 0 unspecified atom stereocenters. The second kappa shape index (κ2) is 10.5. The van der Waals surface area contributed by atoms with E-state index in [4.69, 9.17) is 33.0 Å². The van der Waals surface area contributed by atoms with Crippen LogP contribution in [0.2, 0.25) is 10.0 Å². The summed E-state index contributed by atoms with van der Waals surface area (Å²) in [6.45, 7) is 3.39. The Labute approximate surface area is 152 Å². The molecule has 0 bridgehead atoms. The average molecular weight is 369 g/mol. The van der Waals surface area contributed by atoms with E-state index in [1.54, 1.807) is 0 Å². The normalized spacial score (nSPS) is 10.8. The molecule has 0 saturated carbocycles. The van der Waals surface area contributed by atoms with Crippen LogP contribution in [0.3, 0.4) is 0 Å². The number of benzene rings is 2. The standard InChI is InChI=1S/C18H22Cl2N2O2/c19-16-5-6-18(24-13-14-3-1-2-4-17(14)20)15(11-16)12-22-8-7-21-9-10-23/h1-6,11,21-23H,7-10,12-13H2. The van der Waals surface area contributed by atoms with E-state index >= 15 is 0 Å². The largest absolute Gasteiger partial charge is 0.489 e. The molecule has 0 spiro atoms. The predicted octanol–water partition coefficient (Wildman–Crippen LogP) is 3.24. The number of nitrogens with one attached hydrogen (secondary N) is 2. The molecular weight excluding hydrogens is 347 g/mol. The Kier molecular flexibility index (Phi) is 8.36. The second-order valence-corrected chi connectivity index (χ2v) is 6.13. The lowest BCUT2D eigenvalue weighted by Crippen LogP contribution is -2.28. The molecule has 2 aromatic rings. The maximum Gasteiger partial charge on any atom is 0.124 e. The summed E-state index contributed by atoms with van der Waals surface area (Å²) in [5.41, 5.74) is 1.94. The molecule has 0 saturated heterocycles. The molecule has 2 aromatic carbocycles. The number of halogens is 2. The van der Waals surface area contributed by atoms with Gasteiger partial charge in [0, 0.05) is 47.4 Å². The zero-order chi connectivity index (χ0) is 17.2. The van der Waals surface area contributed by atoms with Crippen molar-refractivity contribution in [2.75, 3.05) is 26.2 Å². The number of hydrogen-bond acceptors (Lipinski definition) is 4. The third-order valence-corrected chi connectivity index (χ3v) is 4.05. The van der Waals surface area contributed by atoms with Gasteiger partial charge in [0.2, 0.25) is 0 Å². The van der Waals surface area contributed by atoms with Crippen LogP contribution in [-0.4, -0.2) is 31.3 Å². The molecule has 4 nitrogen and oxygen atoms in total. The van der Waals surface area contributed by atoms with Gasteiger partial charge in [-0.25, -0.2) is 0 Å². The Hall–Kier alpha value is -1.30. The van der Waals surface area contributed by atoms with Gasteiger partial charge in [-0.3, -0.25) is 0 Å². The van der Waals surface area contributed by atoms with Gasteiger partial charge in [0.1, 0.15) is 12.4 Å². The summed E-state index contributed by atoms with van der Waals surface area (Å²) < 4.78 is 5.92. The van der Waals surface area contributed by atoms with Crippen molar-refractivity contribution in [3.05, 3.63) is 63.6 Å². The summed E-state index contributed by atoms with van der Waals surface area (Å²) >= 11 is 12.3. The number of aliphatic hydroxyl groups is 1. The maximum absolute atomic E-state index is 8.72. The first kappa shape index (κ1) is 19.0. The van der Waals surface area contributed by atoms with Gasteiger partial charge in [-0.2, -0.15) is 0 Å². The lowest BCUT2D eigenvalue weighted by atomic mass is 10.2. The Morgan fingerprint density at radius 3 is 2.50 bits per heavy atom. The molecule has 0 aromatic heterocycles. The second-order valence-electron chi connectivity index (χ2n) is 5.28. The van der Waals surface area contributed by atoms with Crippen LogP contribution in [0.25, 0.3) is 0 Å². The van der Waals surface area contributed by atoms with Crippen LogP contribution >= 0.6 is 23.2 Å². The highest BCUT2D eigenvalue weighted by molar-refractivity contribution is 6.31. The molecule has 24 heavy (non-hydrogen) atoms. The monoisotopic (exact) mass is 368 g/mol. The minimum Gasteiger partial charge on any atom is -0.489 e. The van der Waals surface area contributed by atoms with Crippen LogP contribution in [0, 0.1) is 0 Å². The first-order valence-electron chi connectivity index (χ1n) is 7.87. The van der Waals surface area contributed by atoms with Gasteiger partial charge in [0.05, 0.1) is 6.61 Å². The Morgan fingerprint density at radius 2 is 1.71 bits per heavy atom. The number of ether oxygens (including phenoxy) is 1. The van der Waals surface area contributed by atoms with Gasteiger partial charge >= 0.3 is 0 Å². The van der Waals surface area contributed by atoms with E-state index in [2.05, 4.69) is 10.6 Å². The number of hydrogen-bond donors (Lipinski definition) is 3. The molecule has 0 atom stereocenters. The van der Waals surface area contributed by atoms with Crippen molar-refractivity contribution in [3.63, 3.8) is 0 Å². The Bertz CT molecular complexity index is 638. The Morgan fingerprint density at radius 1 is 0.917 bits per heavy atom. The van der Waals surface area contributed by atoms with E-state index in [9.17, 15) is 0 Å². The fourth-order valence-corrected chi connectivity index (χ4v) is 2.59. The van der Waals surface area contributed by atoms with Crippen LogP contribution in [0.1, 0.15) is 11.1 Å². The van der Waals surface area contributed by atoms with Gasteiger partial charge in [0.25, 0.3) is 0 Å². The highest BCUT2D eigenvalue weighted by atomic mass is 35.5. The van der Waals surface area contributed by atoms with Gasteiger partial charge in [-0.15, -0.1) is 0 Å². The number of aliphatic hydroxyl groups excluding tert-OH is 1. The molecule has 0 heterocycles. The van der Waals surface area contributed by atoms with Crippen LogP contribution in [-0.2, 0) is 13.2 Å². The van der Waals surface area contributed by atoms with Crippen LogP contribution in [0.4, 0.5) is 0 Å². The van der Waals surface area contributed by atoms with E-state index in [1.165, 1.54) is 0 Å². The van der Waals surface area contributed by atoms with E-state index in [0.717, 1.165) is 30.0 Å². The molecule has 0 radical (unpaired) electrons. The van der Waals surface area contributed by atoms with Crippen molar-refractivity contribution in [1.82, 2.24) is 10.6 Å². The molecule has 130 valence electrons. The molecule has 6 heteroatoms. The van der Waals surface area contributed by atoms with Crippen LogP contribution in [0.15, 0.2) is 42.5 Å². The van der Waals surface area contributed by atoms with Crippen molar-refractivity contribution in [3.8, 4) is 5.75 Å². The summed E-state index contributed by atoms with van der Waals surface area (Å²) in [6.07, 6.45) is 0. The quantitative estimate of drug-likeness (QED) is 0.563. The topological polar surface area (TPSA) is 53.5 Å². The van der Waals surface area contributed by atoms with E-state index < -0.39 is 0 Å². The van der Waals surface area contributed by atoms with E-state index in [0.29, 0.717) is 29.7 Å². The lowest BCUT2D eigenvalue weighted by Gasteiger charge is -2.13. The molecular formula is C18H22Cl2N2O2. The third kappa shape index (κ3) is 6.30. The first-order chi connectivity index (χ1) is 11.7. The van der Waals surface area contributed by atoms with Crippen molar-refractivity contribution in [1.29, 1.82) is 0 Å². The molecule has 0 fully saturated rings. The lowest BCUT2D eigenvalue weighted by molar-refractivity contribution is 0.292. The van der Waals surface area contributed by atoms with E-state index in [1.807, 2.05) is 42.5 Å². The molecule has 2 rings (SSSR count). The van der Waals surface area contributed by atoms with Crippen molar-refractivity contribution in [2.45, 2.75) is 13.2 Å². The number of rotatable bonds is 10. The van der Waals surface area contributed by atoms with Crippen molar-refractivity contribution in [2.24, 2.45) is 0 Å². The van der Waals surface area contributed by atoms with Crippen molar-refractivity contribution < 1.29 is 9.84 Å².